The minimum absolute atomic E-state index is 0.114. The summed E-state index contributed by atoms with van der Waals surface area (Å²) >= 11 is 0. The Hall–Kier alpha value is -3.87. The highest BCUT2D eigenvalue weighted by atomic mass is 16.5. The lowest BCUT2D eigenvalue weighted by atomic mass is 10.00. The lowest BCUT2D eigenvalue weighted by Crippen LogP contribution is -2.48. The van der Waals surface area contributed by atoms with E-state index >= 15 is 0 Å². The summed E-state index contributed by atoms with van der Waals surface area (Å²) in [6, 6.07) is 20.7. The number of benzene rings is 2. The SMILES string of the molecule is Nc1ccc2c(n1)N(CC(=O)N1CCc3ccccc3C1)C(=O)C(c1ccccc1)O2. The van der Waals surface area contributed by atoms with Crippen LogP contribution >= 0.6 is 0 Å². The van der Waals surface area contributed by atoms with Gasteiger partial charge in [-0.15, -0.1) is 0 Å². The number of nitrogens with zero attached hydrogens (tertiary/aromatic N) is 3. The number of aromatic nitrogens is 1. The molecule has 3 heterocycles. The first-order valence-electron chi connectivity index (χ1n) is 10.2. The van der Waals surface area contributed by atoms with Crippen molar-refractivity contribution in [3.05, 3.63) is 83.4 Å². The molecule has 7 heteroatoms. The number of carbonyl (C=O) groups excluding carboxylic acids is 2. The number of fused-ring (bicyclic) bond motifs is 2. The molecule has 0 aliphatic carbocycles. The Labute approximate surface area is 180 Å². The Morgan fingerprint density at radius 2 is 1.77 bits per heavy atom. The molecule has 5 rings (SSSR count). The third-order valence-corrected chi connectivity index (χ3v) is 5.73. The predicted molar refractivity (Wildman–Crippen MR) is 116 cm³/mol. The topological polar surface area (TPSA) is 88.8 Å². The summed E-state index contributed by atoms with van der Waals surface area (Å²) in [7, 11) is 0. The van der Waals surface area contributed by atoms with E-state index in [1.165, 1.54) is 10.5 Å². The van der Waals surface area contributed by atoms with Crippen molar-refractivity contribution in [2.24, 2.45) is 0 Å². The van der Waals surface area contributed by atoms with Crippen LogP contribution in [0.3, 0.4) is 0 Å². The molecule has 156 valence electrons. The molecule has 1 unspecified atom stereocenters. The van der Waals surface area contributed by atoms with Gasteiger partial charge >= 0.3 is 0 Å². The fourth-order valence-electron chi connectivity index (χ4n) is 4.09. The Bertz CT molecular complexity index is 1150. The van der Waals surface area contributed by atoms with E-state index in [0.29, 0.717) is 18.8 Å². The lowest BCUT2D eigenvalue weighted by molar-refractivity contribution is -0.134. The van der Waals surface area contributed by atoms with Crippen LogP contribution in [0.1, 0.15) is 22.8 Å². The molecule has 31 heavy (non-hydrogen) atoms. The van der Waals surface area contributed by atoms with E-state index in [1.54, 1.807) is 17.0 Å². The molecule has 2 aromatic carbocycles. The molecule has 0 spiro atoms. The van der Waals surface area contributed by atoms with Crippen LogP contribution in [0, 0.1) is 0 Å². The number of anilines is 2. The van der Waals surface area contributed by atoms with E-state index in [4.69, 9.17) is 10.5 Å². The van der Waals surface area contributed by atoms with Gasteiger partial charge in [0.1, 0.15) is 12.4 Å². The van der Waals surface area contributed by atoms with Crippen LogP contribution in [0.5, 0.6) is 5.75 Å². The fraction of sp³-hybridized carbons (Fsp3) is 0.208. The van der Waals surface area contributed by atoms with Crippen LogP contribution < -0.4 is 15.4 Å². The first-order chi connectivity index (χ1) is 15.1. The number of carbonyl (C=O) groups is 2. The van der Waals surface area contributed by atoms with Crippen LogP contribution in [-0.2, 0) is 22.6 Å². The summed E-state index contributed by atoms with van der Waals surface area (Å²) in [5.41, 5.74) is 8.98. The van der Waals surface area contributed by atoms with Gasteiger partial charge in [-0.25, -0.2) is 4.98 Å². The van der Waals surface area contributed by atoms with E-state index in [2.05, 4.69) is 11.1 Å². The number of ether oxygens (including phenoxy) is 1. The summed E-state index contributed by atoms with van der Waals surface area (Å²) in [4.78, 5) is 34.0. The van der Waals surface area contributed by atoms with Crippen molar-refractivity contribution in [2.75, 3.05) is 23.7 Å². The van der Waals surface area contributed by atoms with Crippen molar-refractivity contribution in [3.8, 4) is 5.75 Å². The average Bonchev–Trinajstić information content (AvgIpc) is 2.81. The molecular formula is C24H22N4O3. The second kappa shape index (κ2) is 7.75. The van der Waals surface area contributed by atoms with Gasteiger partial charge in [-0.05, 0) is 29.7 Å². The van der Waals surface area contributed by atoms with Gasteiger partial charge in [0.15, 0.2) is 11.6 Å². The van der Waals surface area contributed by atoms with Gasteiger partial charge in [0.25, 0.3) is 5.91 Å². The highest BCUT2D eigenvalue weighted by Gasteiger charge is 2.38. The highest BCUT2D eigenvalue weighted by Crippen LogP contribution is 2.38. The van der Waals surface area contributed by atoms with E-state index in [-0.39, 0.29) is 30.0 Å². The second-order valence-corrected chi connectivity index (χ2v) is 7.72. The zero-order valence-electron chi connectivity index (χ0n) is 16.9. The number of hydrogen-bond donors (Lipinski definition) is 1. The Morgan fingerprint density at radius 1 is 1.03 bits per heavy atom. The normalized spacial score (nSPS) is 17.5. The Morgan fingerprint density at radius 3 is 2.58 bits per heavy atom. The molecule has 0 radical (unpaired) electrons. The number of hydrogen-bond acceptors (Lipinski definition) is 5. The van der Waals surface area contributed by atoms with Crippen molar-refractivity contribution in [1.82, 2.24) is 9.88 Å². The van der Waals surface area contributed by atoms with Gasteiger partial charge in [-0.1, -0.05) is 54.6 Å². The average molecular weight is 414 g/mol. The second-order valence-electron chi connectivity index (χ2n) is 7.72. The van der Waals surface area contributed by atoms with Crippen molar-refractivity contribution in [3.63, 3.8) is 0 Å². The van der Waals surface area contributed by atoms with Crippen molar-refractivity contribution in [2.45, 2.75) is 19.1 Å². The quantitative estimate of drug-likeness (QED) is 0.712. The molecule has 0 saturated heterocycles. The highest BCUT2D eigenvalue weighted by molar-refractivity contribution is 6.03. The molecule has 2 aliphatic heterocycles. The van der Waals surface area contributed by atoms with Crippen molar-refractivity contribution < 1.29 is 14.3 Å². The van der Waals surface area contributed by atoms with Gasteiger partial charge in [0.2, 0.25) is 12.0 Å². The molecule has 7 nitrogen and oxygen atoms in total. The smallest absolute Gasteiger partial charge is 0.274 e. The van der Waals surface area contributed by atoms with E-state index in [9.17, 15) is 9.59 Å². The maximum Gasteiger partial charge on any atom is 0.274 e. The molecule has 2 N–H and O–H groups in total. The largest absolute Gasteiger partial charge is 0.472 e. The molecule has 0 bridgehead atoms. The molecule has 2 amide bonds. The number of amides is 2. The minimum atomic E-state index is -0.839. The zero-order valence-corrected chi connectivity index (χ0v) is 16.9. The van der Waals surface area contributed by atoms with Crippen LogP contribution in [0.2, 0.25) is 0 Å². The van der Waals surface area contributed by atoms with Gasteiger partial charge in [0.05, 0.1) is 0 Å². The molecular weight excluding hydrogens is 392 g/mol. The van der Waals surface area contributed by atoms with Gasteiger partial charge < -0.3 is 15.4 Å². The fourth-order valence-corrected chi connectivity index (χ4v) is 4.09. The number of rotatable bonds is 3. The summed E-state index contributed by atoms with van der Waals surface area (Å²) in [5.74, 6) is 0.509. The third-order valence-electron chi connectivity index (χ3n) is 5.73. The lowest BCUT2D eigenvalue weighted by Gasteiger charge is -2.35. The number of nitrogens with two attached hydrogens (primary N) is 1. The minimum Gasteiger partial charge on any atom is -0.472 e. The van der Waals surface area contributed by atoms with Gasteiger partial charge in [-0.3, -0.25) is 14.5 Å². The van der Waals surface area contributed by atoms with E-state index < -0.39 is 6.10 Å². The summed E-state index contributed by atoms with van der Waals surface area (Å²) in [5, 5.41) is 0. The van der Waals surface area contributed by atoms with Gasteiger partial charge in [-0.2, -0.15) is 0 Å². The molecule has 2 aliphatic rings. The van der Waals surface area contributed by atoms with Crippen molar-refractivity contribution >= 4 is 23.5 Å². The Kier molecular flexibility index (Phi) is 4.78. The maximum absolute atomic E-state index is 13.4. The molecule has 1 atom stereocenters. The predicted octanol–water partition coefficient (Wildman–Crippen LogP) is 2.72. The standard InChI is InChI=1S/C24H22N4O3/c25-20-11-10-19-23(26-20)28(24(30)22(31-19)17-7-2-1-3-8-17)15-21(29)27-13-12-16-6-4-5-9-18(16)14-27/h1-11,22H,12-15H2,(H2,25,26). The summed E-state index contributed by atoms with van der Waals surface area (Å²) in [6.45, 7) is 1.04. The number of pyridine rings is 1. The van der Waals surface area contributed by atoms with E-state index in [0.717, 1.165) is 17.5 Å². The van der Waals surface area contributed by atoms with Crippen LogP contribution in [0.15, 0.2) is 66.7 Å². The maximum atomic E-state index is 13.4. The summed E-state index contributed by atoms with van der Waals surface area (Å²) in [6.07, 6.45) is -0.0399. The zero-order chi connectivity index (χ0) is 21.4. The Balaban J connectivity index is 1.43. The van der Waals surface area contributed by atoms with Crippen molar-refractivity contribution in [1.29, 1.82) is 0 Å². The number of nitrogen functional groups attached to an aromatic ring is 1. The monoisotopic (exact) mass is 414 g/mol. The van der Waals surface area contributed by atoms with Crippen LogP contribution in [0.25, 0.3) is 0 Å². The van der Waals surface area contributed by atoms with Crippen LogP contribution in [-0.4, -0.2) is 34.8 Å². The molecule has 0 saturated carbocycles. The van der Waals surface area contributed by atoms with E-state index in [1.807, 2.05) is 48.5 Å². The summed E-state index contributed by atoms with van der Waals surface area (Å²) < 4.78 is 5.95. The molecule has 3 aromatic rings. The molecule has 0 fully saturated rings. The third kappa shape index (κ3) is 3.59. The first-order valence-corrected chi connectivity index (χ1v) is 10.2. The van der Waals surface area contributed by atoms with Gasteiger partial charge in [0, 0.05) is 18.7 Å². The van der Waals surface area contributed by atoms with Crippen LogP contribution in [0.4, 0.5) is 11.6 Å². The molecule has 1 aromatic heterocycles. The first kappa shape index (κ1) is 19.1.